The first-order valence-electron chi connectivity index (χ1n) is 3.73. The average Bonchev–Trinajstić information content (AvgIpc) is 2.54. The Morgan fingerprint density at radius 1 is 1.00 bits per heavy atom. The summed E-state index contributed by atoms with van der Waals surface area (Å²) in [5.74, 6) is -2.25. The molecule has 0 aromatic carbocycles. The minimum absolute atomic E-state index is 0. The molecule has 7 heteroatoms. The van der Waals surface area contributed by atoms with E-state index in [1.165, 1.54) is 0 Å². The fraction of sp³-hybridized carbons (Fsp3) is 0.714. The van der Waals surface area contributed by atoms with Gasteiger partial charge in [-0.25, -0.2) is 0 Å². The van der Waals surface area contributed by atoms with E-state index in [0.29, 0.717) is 12.8 Å². The Kier molecular flexibility index (Phi) is 5.22. The first kappa shape index (κ1) is 14.0. The Hall–Kier alpha value is 0.0300. The van der Waals surface area contributed by atoms with Crippen molar-refractivity contribution >= 4 is 10.9 Å². The molecule has 1 aliphatic heterocycles. The second-order valence-corrected chi connectivity index (χ2v) is 5.01. The molecule has 1 rings (SSSR count). The standard InChI is InChI=1S/C7H8F5S.ClH/c8-5(6(9)10)7(11,12)13-3-1-2-4-13;/h1-4H2;1H/q+1;/p-1. The van der Waals surface area contributed by atoms with Crippen molar-refractivity contribution in [3.05, 3.63) is 11.9 Å². The van der Waals surface area contributed by atoms with Gasteiger partial charge in [0.15, 0.2) is 0 Å². The maximum Gasteiger partial charge on any atom is 0.468 e. The zero-order chi connectivity index (χ0) is 10.1. The van der Waals surface area contributed by atoms with Crippen LogP contribution in [0.3, 0.4) is 0 Å². The predicted octanol–water partition coefficient (Wildman–Crippen LogP) is 0.0729. The average molecular weight is 255 g/mol. The van der Waals surface area contributed by atoms with E-state index in [4.69, 9.17) is 0 Å². The summed E-state index contributed by atoms with van der Waals surface area (Å²) in [6.07, 6.45) is -1.76. The van der Waals surface area contributed by atoms with Crippen LogP contribution in [0.2, 0.25) is 0 Å². The Bertz CT molecular complexity index is 220. The van der Waals surface area contributed by atoms with E-state index >= 15 is 0 Å². The molecule has 1 fully saturated rings. The van der Waals surface area contributed by atoms with Crippen LogP contribution in [0.25, 0.3) is 0 Å². The molecule has 0 spiro atoms. The zero-order valence-corrected chi connectivity index (χ0v) is 8.58. The molecule has 0 amide bonds. The summed E-state index contributed by atoms with van der Waals surface area (Å²) < 4.78 is 61.3. The molecule has 0 atom stereocenters. The van der Waals surface area contributed by atoms with Crippen LogP contribution in [-0.4, -0.2) is 16.8 Å². The maximum absolute atomic E-state index is 12.9. The van der Waals surface area contributed by atoms with E-state index in [1.54, 1.807) is 0 Å². The monoisotopic (exact) mass is 254 g/mol. The molecule has 14 heavy (non-hydrogen) atoms. The summed E-state index contributed by atoms with van der Waals surface area (Å²) in [6.45, 7) is 0. The molecule has 1 heterocycles. The lowest BCUT2D eigenvalue weighted by Gasteiger charge is -2.11. The highest BCUT2D eigenvalue weighted by Gasteiger charge is 2.57. The molecular weight excluding hydrogens is 247 g/mol. The van der Waals surface area contributed by atoms with Gasteiger partial charge in [-0.2, -0.15) is 13.2 Å². The molecule has 0 unspecified atom stereocenters. The summed E-state index contributed by atoms with van der Waals surface area (Å²) >= 11 is 0. The summed E-state index contributed by atoms with van der Waals surface area (Å²) in [5, 5.41) is -3.95. The van der Waals surface area contributed by atoms with Gasteiger partial charge in [-0.05, 0) is 12.8 Å². The van der Waals surface area contributed by atoms with Gasteiger partial charge in [-0.15, -0.1) is 8.78 Å². The van der Waals surface area contributed by atoms with Crippen molar-refractivity contribution in [3.8, 4) is 0 Å². The van der Waals surface area contributed by atoms with Gasteiger partial charge in [0.25, 0.3) is 5.83 Å². The molecule has 0 N–H and O–H groups in total. The lowest BCUT2D eigenvalue weighted by atomic mass is 10.4. The molecule has 1 saturated heterocycles. The number of hydrogen-bond donors (Lipinski definition) is 0. The van der Waals surface area contributed by atoms with Gasteiger partial charge in [0.2, 0.25) is 0 Å². The molecule has 0 aromatic heterocycles. The second-order valence-electron chi connectivity index (χ2n) is 2.70. The van der Waals surface area contributed by atoms with Gasteiger partial charge in [-0.1, -0.05) is 0 Å². The quantitative estimate of drug-likeness (QED) is 0.483. The van der Waals surface area contributed by atoms with Gasteiger partial charge in [0.05, 0.1) is 10.9 Å². The third-order valence-electron chi connectivity index (χ3n) is 1.82. The van der Waals surface area contributed by atoms with E-state index in [9.17, 15) is 22.0 Å². The Labute approximate surface area is 87.3 Å². The molecule has 0 aliphatic carbocycles. The first-order valence-corrected chi connectivity index (χ1v) is 5.29. The van der Waals surface area contributed by atoms with Crippen LogP contribution in [0.15, 0.2) is 11.9 Å². The highest BCUT2D eigenvalue weighted by atomic mass is 35.5. The number of rotatable bonds is 2. The molecule has 0 saturated carbocycles. The predicted molar refractivity (Wildman–Crippen MR) is 41.6 cm³/mol. The second kappa shape index (κ2) is 5.21. The van der Waals surface area contributed by atoms with Gasteiger partial charge in [-0.3, -0.25) is 0 Å². The maximum atomic E-state index is 12.9. The first-order chi connectivity index (χ1) is 5.96. The van der Waals surface area contributed by atoms with E-state index in [2.05, 4.69) is 0 Å². The minimum atomic E-state index is -3.95. The smallest absolute Gasteiger partial charge is 0.468 e. The Morgan fingerprint density at radius 2 is 1.43 bits per heavy atom. The topological polar surface area (TPSA) is 0 Å². The molecule has 0 aromatic rings. The summed E-state index contributed by atoms with van der Waals surface area (Å²) in [7, 11) is -1.53. The Balaban J connectivity index is 0.00000169. The lowest BCUT2D eigenvalue weighted by molar-refractivity contribution is -0.00000913. The van der Waals surface area contributed by atoms with Crippen LogP contribution in [0.1, 0.15) is 12.8 Å². The molecule has 0 radical (unpaired) electrons. The van der Waals surface area contributed by atoms with Crippen LogP contribution in [-0.2, 0) is 10.9 Å². The largest absolute Gasteiger partial charge is 1.00 e. The Morgan fingerprint density at radius 3 is 1.79 bits per heavy atom. The van der Waals surface area contributed by atoms with Gasteiger partial charge < -0.3 is 12.4 Å². The molecule has 84 valence electrons. The van der Waals surface area contributed by atoms with E-state index < -0.39 is 28.1 Å². The lowest BCUT2D eigenvalue weighted by Crippen LogP contribution is -3.00. The van der Waals surface area contributed by atoms with Gasteiger partial charge >= 0.3 is 11.3 Å². The highest BCUT2D eigenvalue weighted by Crippen LogP contribution is 2.39. The van der Waals surface area contributed by atoms with E-state index in [1.807, 2.05) is 0 Å². The molecular formula is C7H8ClF5S. The molecule has 0 nitrogen and oxygen atoms in total. The summed E-state index contributed by atoms with van der Waals surface area (Å²) in [4.78, 5) is 0. The van der Waals surface area contributed by atoms with Crippen molar-refractivity contribution in [1.82, 2.24) is 0 Å². The number of halogens is 6. The van der Waals surface area contributed by atoms with Crippen molar-refractivity contribution in [2.45, 2.75) is 18.1 Å². The van der Waals surface area contributed by atoms with Crippen LogP contribution in [0, 0.1) is 0 Å². The van der Waals surface area contributed by atoms with Crippen molar-refractivity contribution in [2.75, 3.05) is 11.5 Å². The van der Waals surface area contributed by atoms with Gasteiger partial charge in [0, 0.05) is 0 Å². The van der Waals surface area contributed by atoms with Crippen molar-refractivity contribution < 1.29 is 34.4 Å². The normalized spacial score (nSPS) is 17.8. The number of hydrogen-bond acceptors (Lipinski definition) is 0. The van der Waals surface area contributed by atoms with Crippen LogP contribution >= 0.6 is 0 Å². The number of alkyl halides is 2. The highest BCUT2D eigenvalue weighted by molar-refractivity contribution is 7.98. The van der Waals surface area contributed by atoms with E-state index in [0.717, 1.165) is 0 Å². The van der Waals surface area contributed by atoms with Crippen molar-refractivity contribution in [3.63, 3.8) is 0 Å². The third kappa shape index (κ3) is 2.76. The molecule has 1 aliphatic rings. The van der Waals surface area contributed by atoms with Crippen LogP contribution in [0.5, 0.6) is 0 Å². The zero-order valence-electron chi connectivity index (χ0n) is 7.00. The van der Waals surface area contributed by atoms with E-state index in [-0.39, 0.29) is 23.9 Å². The van der Waals surface area contributed by atoms with Crippen molar-refractivity contribution in [2.24, 2.45) is 0 Å². The third-order valence-corrected chi connectivity index (χ3v) is 4.28. The molecule has 0 bridgehead atoms. The summed E-state index contributed by atoms with van der Waals surface area (Å²) in [5.41, 5.74) is 0. The van der Waals surface area contributed by atoms with Crippen molar-refractivity contribution in [1.29, 1.82) is 0 Å². The van der Waals surface area contributed by atoms with Gasteiger partial charge in [0.1, 0.15) is 11.5 Å². The fourth-order valence-corrected chi connectivity index (χ4v) is 3.30. The van der Waals surface area contributed by atoms with Crippen LogP contribution < -0.4 is 12.4 Å². The van der Waals surface area contributed by atoms with Crippen LogP contribution in [0.4, 0.5) is 22.0 Å². The minimum Gasteiger partial charge on any atom is -1.00 e. The SMILES string of the molecule is FC(F)=C(F)C(F)(F)[S+]1CCCC1.[Cl-]. The fourth-order valence-electron chi connectivity index (χ4n) is 1.15. The summed E-state index contributed by atoms with van der Waals surface area (Å²) in [6, 6.07) is 0.